The van der Waals surface area contributed by atoms with Crippen LogP contribution in [0.25, 0.3) is 10.6 Å². The van der Waals surface area contributed by atoms with Crippen LogP contribution in [-0.2, 0) is 22.1 Å². The van der Waals surface area contributed by atoms with Crippen molar-refractivity contribution < 1.29 is 27.4 Å². The van der Waals surface area contributed by atoms with Gasteiger partial charge in [0.1, 0.15) is 9.88 Å². The van der Waals surface area contributed by atoms with Gasteiger partial charge in [-0.3, -0.25) is 0 Å². The second-order valence-corrected chi connectivity index (χ2v) is 5.60. The van der Waals surface area contributed by atoms with Crippen LogP contribution in [0.4, 0.5) is 13.2 Å². The number of aromatic nitrogens is 1. The first-order chi connectivity index (χ1) is 10.9. The zero-order valence-corrected chi connectivity index (χ0v) is 13.3. The van der Waals surface area contributed by atoms with Crippen LogP contribution in [0.1, 0.15) is 20.9 Å². The van der Waals surface area contributed by atoms with Gasteiger partial charge in [-0.25, -0.2) is 9.78 Å². The molecule has 0 unspecified atom stereocenters. The van der Waals surface area contributed by atoms with Crippen molar-refractivity contribution in [3.05, 3.63) is 40.4 Å². The van der Waals surface area contributed by atoms with Crippen molar-refractivity contribution in [1.29, 1.82) is 0 Å². The highest BCUT2D eigenvalue weighted by molar-refractivity contribution is 7.17. The minimum absolute atomic E-state index is 0.333. The van der Waals surface area contributed by atoms with Gasteiger partial charge in [-0.2, -0.15) is 13.2 Å². The molecular formula is C15H14F3NO3S. The number of hydrogen-bond acceptors (Lipinski definition) is 5. The summed E-state index contributed by atoms with van der Waals surface area (Å²) in [5.74, 6) is -0.522. The van der Waals surface area contributed by atoms with Gasteiger partial charge < -0.3 is 9.47 Å². The van der Waals surface area contributed by atoms with Gasteiger partial charge in [-0.1, -0.05) is 12.1 Å². The monoisotopic (exact) mass is 345 g/mol. The summed E-state index contributed by atoms with van der Waals surface area (Å²) in [7, 11) is 2.79. The van der Waals surface area contributed by atoms with Gasteiger partial charge in [-0.05, 0) is 12.1 Å². The number of carbonyl (C=O) groups is 1. The molecule has 0 spiro atoms. The molecule has 124 valence electrons. The van der Waals surface area contributed by atoms with E-state index in [1.807, 2.05) is 0 Å². The maximum absolute atomic E-state index is 12.6. The third kappa shape index (κ3) is 4.08. The molecule has 0 amide bonds. The van der Waals surface area contributed by atoms with E-state index in [0.717, 1.165) is 23.5 Å². The quantitative estimate of drug-likeness (QED) is 0.774. The Bertz CT molecular complexity index is 680. The van der Waals surface area contributed by atoms with E-state index >= 15 is 0 Å². The Labute approximate surface area is 134 Å². The van der Waals surface area contributed by atoms with Crippen LogP contribution >= 0.6 is 11.3 Å². The van der Waals surface area contributed by atoms with Crippen molar-refractivity contribution >= 4 is 17.3 Å². The molecule has 2 aromatic rings. The predicted octanol–water partition coefficient (Wildman–Crippen LogP) is 3.80. The molecule has 0 fully saturated rings. The Morgan fingerprint density at radius 1 is 1.22 bits per heavy atom. The van der Waals surface area contributed by atoms with E-state index in [1.165, 1.54) is 26.4 Å². The molecular weight excluding hydrogens is 331 g/mol. The number of thiazole rings is 1. The Hall–Kier alpha value is -1.93. The van der Waals surface area contributed by atoms with E-state index in [2.05, 4.69) is 4.98 Å². The van der Waals surface area contributed by atoms with Gasteiger partial charge >= 0.3 is 12.1 Å². The lowest BCUT2D eigenvalue weighted by atomic mass is 10.1. The highest BCUT2D eigenvalue weighted by atomic mass is 32.1. The molecule has 0 bridgehead atoms. The van der Waals surface area contributed by atoms with Crippen LogP contribution in [0.15, 0.2) is 24.3 Å². The van der Waals surface area contributed by atoms with Crippen LogP contribution in [0.5, 0.6) is 0 Å². The van der Waals surface area contributed by atoms with E-state index in [4.69, 9.17) is 9.47 Å². The number of hydrogen-bond donors (Lipinski definition) is 0. The third-order valence-corrected chi connectivity index (χ3v) is 4.20. The summed E-state index contributed by atoms with van der Waals surface area (Å²) in [4.78, 5) is 16.5. The van der Waals surface area contributed by atoms with Gasteiger partial charge in [0.15, 0.2) is 0 Å². The molecule has 1 heterocycles. The number of ether oxygens (including phenoxy) is 2. The Kier molecular flexibility index (Phi) is 5.38. The van der Waals surface area contributed by atoms with Crippen LogP contribution in [0, 0.1) is 0 Å². The summed E-state index contributed by atoms with van der Waals surface area (Å²) >= 11 is 1.09. The minimum atomic E-state index is -4.39. The Morgan fingerprint density at radius 3 is 2.39 bits per heavy atom. The predicted molar refractivity (Wildman–Crippen MR) is 79.5 cm³/mol. The zero-order chi connectivity index (χ0) is 17.0. The third-order valence-electron chi connectivity index (χ3n) is 3.07. The standard InChI is InChI=1S/C15H14F3NO3S/c1-21-8-7-11-12(14(20)22-2)23-13(19-11)9-3-5-10(6-4-9)15(16,17)18/h3-6H,7-8H2,1-2H3. The highest BCUT2D eigenvalue weighted by Gasteiger charge is 2.30. The number of benzene rings is 1. The molecule has 1 aromatic heterocycles. The molecule has 23 heavy (non-hydrogen) atoms. The summed E-state index contributed by atoms with van der Waals surface area (Å²) in [6.45, 7) is 0.375. The number of carbonyl (C=O) groups excluding carboxylic acids is 1. The molecule has 0 aliphatic heterocycles. The number of nitrogens with zero attached hydrogens (tertiary/aromatic N) is 1. The maximum atomic E-state index is 12.6. The fourth-order valence-corrected chi connectivity index (χ4v) is 2.93. The van der Waals surface area contributed by atoms with Crippen molar-refractivity contribution in [2.75, 3.05) is 20.8 Å². The second kappa shape index (κ2) is 7.10. The van der Waals surface area contributed by atoms with E-state index < -0.39 is 17.7 Å². The van der Waals surface area contributed by atoms with Gasteiger partial charge in [0.25, 0.3) is 0 Å². The first kappa shape index (κ1) is 17.4. The summed E-state index contributed by atoms with van der Waals surface area (Å²) in [5.41, 5.74) is 0.293. The first-order valence-corrected chi connectivity index (χ1v) is 7.43. The molecule has 0 saturated carbocycles. The summed E-state index contributed by atoms with van der Waals surface area (Å²) in [6.07, 6.45) is -3.97. The molecule has 2 rings (SSSR count). The summed E-state index contributed by atoms with van der Waals surface area (Å²) in [5, 5.41) is 0.463. The van der Waals surface area contributed by atoms with E-state index in [0.29, 0.717) is 34.2 Å². The van der Waals surface area contributed by atoms with E-state index in [1.54, 1.807) is 0 Å². The number of rotatable bonds is 5. The van der Waals surface area contributed by atoms with Crippen LogP contribution < -0.4 is 0 Å². The second-order valence-electron chi connectivity index (χ2n) is 4.60. The zero-order valence-electron chi connectivity index (χ0n) is 12.4. The van der Waals surface area contributed by atoms with Crippen molar-refractivity contribution in [3.8, 4) is 10.6 Å². The maximum Gasteiger partial charge on any atom is 0.416 e. The number of esters is 1. The van der Waals surface area contributed by atoms with Gasteiger partial charge in [0, 0.05) is 19.1 Å². The highest BCUT2D eigenvalue weighted by Crippen LogP contribution is 2.33. The van der Waals surface area contributed by atoms with Gasteiger partial charge in [0.2, 0.25) is 0 Å². The SMILES string of the molecule is COCCc1nc(-c2ccc(C(F)(F)F)cc2)sc1C(=O)OC. The van der Waals surface area contributed by atoms with E-state index in [9.17, 15) is 18.0 Å². The molecule has 8 heteroatoms. The Balaban J connectivity index is 2.35. The van der Waals surface area contributed by atoms with Crippen LogP contribution in [0.3, 0.4) is 0 Å². The lowest BCUT2D eigenvalue weighted by Gasteiger charge is -2.06. The average Bonchev–Trinajstić information content (AvgIpc) is 2.95. The lowest BCUT2D eigenvalue weighted by Crippen LogP contribution is -2.05. The number of alkyl halides is 3. The molecule has 1 aromatic carbocycles. The van der Waals surface area contributed by atoms with E-state index in [-0.39, 0.29) is 0 Å². The van der Waals surface area contributed by atoms with Crippen LogP contribution in [-0.4, -0.2) is 31.8 Å². The minimum Gasteiger partial charge on any atom is -0.465 e. The topological polar surface area (TPSA) is 48.4 Å². The smallest absolute Gasteiger partial charge is 0.416 e. The molecule has 0 aliphatic rings. The number of halogens is 3. The normalized spacial score (nSPS) is 11.5. The van der Waals surface area contributed by atoms with Gasteiger partial charge in [0.05, 0.1) is 25.0 Å². The summed E-state index contributed by atoms with van der Waals surface area (Å²) in [6, 6.07) is 4.65. The summed E-state index contributed by atoms with van der Waals surface area (Å²) < 4.78 is 47.5. The Morgan fingerprint density at radius 2 is 1.87 bits per heavy atom. The fraction of sp³-hybridized carbons (Fsp3) is 0.333. The molecule has 4 nitrogen and oxygen atoms in total. The van der Waals surface area contributed by atoms with Gasteiger partial charge in [-0.15, -0.1) is 11.3 Å². The molecule has 0 atom stereocenters. The lowest BCUT2D eigenvalue weighted by molar-refractivity contribution is -0.137. The van der Waals surface area contributed by atoms with Crippen molar-refractivity contribution in [1.82, 2.24) is 4.98 Å². The molecule has 0 saturated heterocycles. The van der Waals surface area contributed by atoms with Crippen molar-refractivity contribution in [2.24, 2.45) is 0 Å². The average molecular weight is 345 g/mol. The van der Waals surface area contributed by atoms with Crippen molar-refractivity contribution in [2.45, 2.75) is 12.6 Å². The first-order valence-electron chi connectivity index (χ1n) is 6.61. The largest absolute Gasteiger partial charge is 0.465 e. The molecule has 0 radical (unpaired) electrons. The van der Waals surface area contributed by atoms with Crippen LogP contribution in [0.2, 0.25) is 0 Å². The molecule has 0 aliphatic carbocycles. The fourth-order valence-electron chi connectivity index (χ4n) is 1.90. The number of methoxy groups -OCH3 is 2. The van der Waals surface area contributed by atoms with Crippen molar-refractivity contribution in [3.63, 3.8) is 0 Å². The molecule has 0 N–H and O–H groups in total.